The molecule has 0 saturated heterocycles. The summed E-state index contributed by atoms with van der Waals surface area (Å²) >= 11 is 5.77. The molecule has 1 aliphatic rings. The molecule has 1 heterocycles. The summed E-state index contributed by atoms with van der Waals surface area (Å²) in [5, 5.41) is 3.29. The van der Waals surface area contributed by atoms with Gasteiger partial charge in [-0.05, 0) is 18.9 Å². The van der Waals surface area contributed by atoms with E-state index in [1.807, 2.05) is 0 Å². The molecule has 20 heavy (non-hydrogen) atoms. The topological polar surface area (TPSA) is 71.2 Å². The van der Waals surface area contributed by atoms with Crippen LogP contribution in [0.3, 0.4) is 0 Å². The molecule has 6 heteroatoms. The molecule has 0 unspecified atom stereocenters. The number of methoxy groups -OCH3 is 1. The maximum Gasteiger partial charge on any atom is 0.313 e. The van der Waals surface area contributed by atoms with Crippen LogP contribution in [0.25, 0.3) is 0 Å². The highest BCUT2D eigenvalue weighted by atomic mass is 35.5. The third kappa shape index (κ3) is 3.15. The number of esters is 1. The van der Waals surface area contributed by atoms with E-state index >= 15 is 0 Å². The van der Waals surface area contributed by atoms with Gasteiger partial charge in [-0.15, -0.1) is 0 Å². The van der Waals surface area contributed by atoms with Gasteiger partial charge in [-0.3, -0.25) is 9.59 Å². The molecule has 1 saturated carbocycles. The Morgan fingerprint density at radius 2 is 2.10 bits per heavy atom. The standard InChI is InChI=1S/C14H19ClN2O3/c1-20-13(19)14(5-3-2-4-6-14)9-17-12(18)11-7-10(15)8-16-11/h7-8,16H,2-6,9H2,1H3,(H,17,18). The second-order valence-electron chi connectivity index (χ2n) is 5.25. The average molecular weight is 299 g/mol. The zero-order valence-electron chi connectivity index (χ0n) is 11.5. The van der Waals surface area contributed by atoms with Gasteiger partial charge in [0.2, 0.25) is 0 Å². The van der Waals surface area contributed by atoms with Gasteiger partial charge in [0, 0.05) is 12.7 Å². The van der Waals surface area contributed by atoms with Crippen molar-refractivity contribution in [1.29, 1.82) is 0 Å². The molecule has 2 N–H and O–H groups in total. The summed E-state index contributed by atoms with van der Waals surface area (Å²) in [5.74, 6) is -0.493. The lowest BCUT2D eigenvalue weighted by Gasteiger charge is -2.34. The summed E-state index contributed by atoms with van der Waals surface area (Å²) in [5.41, 5.74) is -0.190. The number of aromatic amines is 1. The van der Waals surface area contributed by atoms with E-state index in [1.54, 1.807) is 12.3 Å². The molecule has 0 spiro atoms. The van der Waals surface area contributed by atoms with E-state index in [0.29, 0.717) is 17.3 Å². The Morgan fingerprint density at radius 1 is 1.40 bits per heavy atom. The third-order valence-corrected chi connectivity index (χ3v) is 4.13. The molecule has 5 nitrogen and oxygen atoms in total. The van der Waals surface area contributed by atoms with Crippen LogP contribution in [0, 0.1) is 5.41 Å². The van der Waals surface area contributed by atoms with Crippen LogP contribution < -0.4 is 5.32 Å². The Bertz CT molecular complexity index is 492. The molecule has 0 bridgehead atoms. The summed E-state index contributed by atoms with van der Waals surface area (Å²) in [6, 6.07) is 1.56. The van der Waals surface area contributed by atoms with Crippen LogP contribution in [-0.2, 0) is 9.53 Å². The second kappa shape index (κ2) is 6.31. The Labute approximate surface area is 123 Å². The van der Waals surface area contributed by atoms with Crippen LogP contribution in [0.2, 0.25) is 5.02 Å². The Balaban J connectivity index is 2.02. The van der Waals surface area contributed by atoms with E-state index in [2.05, 4.69) is 10.3 Å². The molecule has 1 fully saturated rings. The Kier molecular flexibility index (Phi) is 4.70. The van der Waals surface area contributed by atoms with E-state index in [4.69, 9.17) is 16.3 Å². The second-order valence-corrected chi connectivity index (χ2v) is 5.68. The molecule has 110 valence electrons. The molecule has 0 radical (unpaired) electrons. The predicted octanol–water partition coefficient (Wildman–Crippen LogP) is 2.52. The molecule has 1 amide bonds. The molecular weight excluding hydrogens is 280 g/mol. The monoisotopic (exact) mass is 298 g/mol. The lowest BCUT2D eigenvalue weighted by molar-refractivity contribution is -0.154. The number of aromatic nitrogens is 1. The molecule has 1 aromatic rings. The van der Waals surface area contributed by atoms with E-state index in [1.165, 1.54) is 7.11 Å². The van der Waals surface area contributed by atoms with Gasteiger partial charge in [-0.2, -0.15) is 0 Å². The SMILES string of the molecule is COC(=O)C1(CNC(=O)c2cc(Cl)c[nH]2)CCCCC1. The van der Waals surface area contributed by atoms with Crippen molar-refractivity contribution in [3.8, 4) is 0 Å². The average Bonchev–Trinajstić information content (AvgIpc) is 2.91. The number of nitrogens with one attached hydrogen (secondary N) is 2. The molecule has 0 aromatic carbocycles. The molecular formula is C14H19ClN2O3. The first kappa shape index (κ1) is 14.9. The van der Waals surface area contributed by atoms with Gasteiger partial charge in [0.1, 0.15) is 5.69 Å². The minimum atomic E-state index is -0.584. The first-order valence-electron chi connectivity index (χ1n) is 6.78. The van der Waals surface area contributed by atoms with Crippen LogP contribution >= 0.6 is 11.6 Å². The number of carbonyl (C=O) groups is 2. The van der Waals surface area contributed by atoms with Gasteiger partial charge >= 0.3 is 5.97 Å². The van der Waals surface area contributed by atoms with Crippen molar-refractivity contribution in [1.82, 2.24) is 10.3 Å². The number of amides is 1. The molecule has 1 aliphatic carbocycles. The van der Waals surface area contributed by atoms with Gasteiger partial charge in [0.15, 0.2) is 0 Å². The van der Waals surface area contributed by atoms with E-state index in [9.17, 15) is 9.59 Å². The zero-order chi connectivity index (χ0) is 14.6. The van der Waals surface area contributed by atoms with Crippen molar-refractivity contribution in [2.45, 2.75) is 32.1 Å². The van der Waals surface area contributed by atoms with Crippen molar-refractivity contribution >= 4 is 23.5 Å². The fourth-order valence-electron chi connectivity index (χ4n) is 2.74. The molecule has 0 aliphatic heterocycles. The summed E-state index contributed by atoms with van der Waals surface area (Å²) in [6.45, 7) is 0.301. The Morgan fingerprint density at radius 3 is 2.65 bits per heavy atom. The minimum Gasteiger partial charge on any atom is -0.469 e. The highest BCUT2D eigenvalue weighted by Crippen LogP contribution is 2.36. The van der Waals surface area contributed by atoms with Crippen LogP contribution in [0.1, 0.15) is 42.6 Å². The smallest absolute Gasteiger partial charge is 0.313 e. The third-order valence-electron chi connectivity index (χ3n) is 3.91. The lowest BCUT2D eigenvalue weighted by atomic mass is 9.74. The summed E-state index contributed by atoms with van der Waals surface area (Å²) in [4.78, 5) is 26.8. The minimum absolute atomic E-state index is 0.234. The number of carbonyl (C=O) groups excluding carboxylic acids is 2. The zero-order valence-corrected chi connectivity index (χ0v) is 12.3. The number of H-pyrrole nitrogens is 1. The van der Waals surface area contributed by atoms with Gasteiger partial charge in [-0.25, -0.2) is 0 Å². The lowest BCUT2D eigenvalue weighted by Crippen LogP contribution is -2.45. The predicted molar refractivity (Wildman–Crippen MR) is 75.7 cm³/mol. The highest BCUT2D eigenvalue weighted by molar-refractivity contribution is 6.30. The fraction of sp³-hybridized carbons (Fsp3) is 0.571. The molecule has 1 aromatic heterocycles. The normalized spacial score (nSPS) is 17.5. The molecule has 2 rings (SSSR count). The van der Waals surface area contributed by atoms with E-state index in [0.717, 1.165) is 32.1 Å². The quantitative estimate of drug-likeness (QED) is 0.839. The largest absolute Gasteiger partial charge is 0.469 e. The summed E-state index contributed by atoms with van der Waals surface area (Å²) in [6.07, 6.45) is 6.15. The van der Waals surface area contributed by atoms with Crippen LogP contribution in [0.15, 0.2) is 12.3 Å². The van der Waals surface area contributed by atoms with Crippen molar-refractivity contribution in [2.75, 3.05) is 13.7 Å². The number of rotatable bonds is 4. The first-order chi connectivity index (χ1) is 9.57. The van der Waals surface area contributed by atoms with Gasteiger partial charge in [0.25, 0.3) is 5.91 Å². The van der Waals surface area contributed by atoms with Gasteiger partial charge in [0.05, 0.1) is 17.5 Å². The van der Waals surface area contributed by atoms with Crippen LogP contribution in [0.4, 0.5) is 0 Å². The van der Waals surface area contributed by atoms with Crippen LogP contribution in [0.5, 0.6) is 0 Å². The van der Waals surface area contributed by atoms with Gasteiger partial charge < -0.3 is 15.0 Å². The number of hydrogen-bond acceptors (Lipinski definition) is 3. The van der Waals surface area contributed by atoms with Crippen molar-refractivity contribution < 1.29 is 14.3 Å². The van der Waals surface area contributed by atoms with Gasteiger partial charge in [-0.1, -0.05) is 30.9 Å². The highest BCUT2D eigenvalue weighted by Gasteiger charge is 2.40. The van der Waals surface area contributed by atoms with Crippen LogP contribution in [-0.4, -0.2) is 30.5 Å². The number of hydrogen-bond donors (Lipinski definition) is 2. The maximum atomic E-state index is 12.0. The summed E-state index contributed by atoms with van der Waals surface area (Å²) < 4.78 is 4.92. The molecule has 0 atom stereocenters. The Hall–Kier alpha value is -1.49. The van der Waals surface area contributed by atoms with E-state index < -0.39 is 5.41 Å². The van der Waals surface area contributed by atoms with Crippen molar-refractivity contribution in [3.63, 3.8) is 0 Å². The number of ether oxygens (including phenoxy) is 1. The summed E-state index contributed by atoms with van der Waals surface area (Å²) in [7, 11) is 1.39. The maximum absolute atomic E-state index is 12.0. The number of halogens is 1. The van der Waals surface area contributed by atoms with Crippen molar-refractivity contribution in [3.05, 3.63) is 23.0 Å². The van der Waals surface area contributed by atoms with Crippen molar-refractivity contribution in [2.24, 2.45) is 5.41 Å². The van der Waals surface area contributed by atoms with E-state index in [-0.39, 0.29) is 11.9 Å². The fourth-order valence-corrected chi connectivity index (χ4v) is 2.91. The first-order valence-corrected chi connectivity index (χ1v) is 7.16.